The van der Waals surface area contributed by atoms with E-state index in [-0.39, 0.29) is 11.6 Å². The van der Waals surface area contributed by atoms with E-state index in [1.807, 2.05) is 6.07 Å². The Bertz CT molecular complexity index is 886. The van der Waals surface area contributed by atoms with Gasteiger partial charge in [-0.1, -0.05) is 6.42 Å². The molecule has 8 heteroatoms. The molecule has 1 fully saturated rings. The van der Waals surface area contributed by atoms with Crippen LogP contribution in [0.5, 0.6) is 11.6 Å². The molecule has 2 heterocycles. The van der Waals surface area contributed by atoms with E-state index < -0.39 is 12.3 Å². The summed E-state index contributed by atoms with van der Waals surface area (Å²) >= 11 is 0. The van der Waals surface area contributed by atoms with E-state index in [0.717, 1.165) is 18.5 Å². The van der Waals surface area contributed by atoms with E-state index in [2.05, 4.69) is 20.1 Å². The van der Waals surface area contributed by atoms with Crippen molar-refractivity contribution in [3.63, 3.8) is 0 Å². The summed E-state index contributed by atoms with van der Waals surface area (Å²) < 4.78 is 21.3. The first-order valence-corrected chi connectivity index (χ1v) is 8.83. The lowest BCUT2D eigenvalue weighted by molar-refractivity contribution is -0.137. The van der Waals surface area contributed by atoms with Gasteiger partial charge in [0.15, 0.2) is 5.75 Å². The summed E-state index contributed by atoms with van der Waals surface area (Å²) in [6.45, 7) is 0. The van der Waals surface area contributed by atoms with Crippen LogP contribution in [0.1, 0.15) is 25.7 Å². The second-order valence-corrected chi connectivity index (χ2v) is 6.46. The molecule has 1 aliphatic rings. The molecule has 0 spiro atoms. The van der Waals surface area contributed by atoms with E-state index in [4.69, 9.17) is 4.74 Å². The van der Waals surface area contributed by atoms with Crippen LogP contribution in [0.25, 0.3) is 16.9 Å². The third-order valence-electron chi connectivity index (χ3n) is 4.68. The van der Waals surface area contributed by atoms with Gasteiger partial charge in [-0.25, -0.2) is 14.6 Å². The third kappa shape index (κ3) is 3.75. The zero-order valence-corrected chi connectivity index (χ0v) is 14.5. The molecule has 7 nitrogen and oxygen atoms in total. The molecule has 0 radical (unpaired) electrons. The molecule has 0 bridgehead atoms. The van der Waals surface area contributed by atoms with Gasteiger partial charge >= 0.3 is 0 Å². The molecule has 2 atom stereocenters. The van der Waals surface area contributed by atoms with Crippen LogP contribution >= 0.6 is 0 Å². The van der Waals surface area contributed by atoms with Crippen LogP contribution in [-0.2, 0) is 0 Å². The maximum Gasteiger partial charge on any atom is 0.233 e. The van der Waals surface area contributed by atoms with Crippen LogP contribution in [0.4, 0.5) is 4.39 Å². The minimum Gasteiger partial charge on any atom is -0.470 e. The number of hydrogen-bond donors (Lipinski definition) is 1. The molecule has 0 aliphatic heterocycles. The Morgan fingerprint density at radius 3 is 2.70 bits per heavy atom. The van der Waals surface area contributed by atoms with Crippen LogP contribution in [0, 0.1) is 0 Å². The maximum absolute atomic E-state index is 13.9. The Morgan fingerprint density at radius 1 is 1.11 bits per heavy atom. The lowest BCUT2D eigenvalue weighted by atomic mass is 9.96. The molecule has 1 aliphatic carbocycles. The summed E-state index contributed by atoms with van der Waals surface area (Å²) in [5.74, 6) is 0.523. The molecule has 1 N–H and O–H groups in total. The fraction of sp³-hybridized carbons (Fsp3) is 0.316. The molecular formula is C19H19FN4O3. The predicted molar refractivity (Wildman–Crippen MR) is 95.6 cm³/mol. The van der Waals surface area contributed by atoms with E-state index in [1.165, 1.54) is 0 Å². The van der Waals surface area contributed by atoms with Crippen molar-refractivity contribution in [1.82, 2.24) is 19.7 Å². The van der Waals surface area contributed by atoms with E-state index in [1.54, 1.807) is 47.6 Å². The van der Waals surface area contributed by atoms with Crippen molar-refractivity contribution < 1.29 is 19.3 Å². The van der Waals surface area contributed by atoms with Crippen LogP contribution in [0.2, 0.25) is 0 Å². The SMILES string of the molecule is OOc1cc(-n2ccnc2)ccc1-c1ccc(O[C@H]2CCCC[C@H]2F)nn1. The second-order valence-electron chi connectivity index (χ2n) is 6.46. The van der Waals surface area contributed by atoms with Gasteiger partial charge in [-0.05, 0) is 37.5 Å². The Hall–Kier alpha value is -3.00. The van der Waals surface area contributed by atoms with Gasteiger partial charge in [-0.2, -0.15) is 0 Å². The van der Waals surface area contributed by atoms with E-state index in [0.29, 0.717) is 24.1 Å². The Labute approximate surface area is 155 Å². The van der Waals surface area contributed by atoms with Gasteiger partial charge in [0, 0.05) is 30.1 Å². The summed E-state index contributed by atoms with van der Waals surface area (Å²) in [5.41, 5.74) is 1.85. The summed E-state index contributed by atoms with van der Waals surface area (Å²) in [6, 6.07) is 8.63. The summed E-state index contributed by atoms with van der Waals surface area (Å²) in [6.07, 6.45) is 6.71. The first-order valence-electron chi connectivity index (χ1n) is 8.83. The molecule has 0 unspecified atom stereocenters. The van der Waals surface area contributed by atoms with Crippen molar-refractivity contribution in [1.29, 1.82) is 0 Å². The molecule has 27 heavy (non-hydrogen) atoms. The van der Waals surface area contributed by atoms with Crippen LogP contribution in [0.15, 0.2) is 49.1 Å². The molecule has 140 valence electrons. The highest BCUT2D eigenvalue weighted by Crippen LogP contribution is 2.31. The molecule has 1 aromatic carbocycles. The topological polar surface area (TPSA) is 82.3 Å². The largest absolute Gasteiger partial charge is 0.470 e. The monoisotopic (exact) mass is 370 g/mol. The molecule has 0 saturated heterocycles. The zero-order valence-electron chi connectivity index (χ0n) is 14.5. The van der Waals surface area contributed by atoms with Crippen molar-refractivity contribution >= 4 is 0 Å². The molecule has 2 aromatic heterocycles. The third-order valence-corrected chi connectivity index (χ3v) is 4.68. The minimum atomic E-state index is -0.967. The maximum atomic E-state index is 13.9. The first-order chi connectivity index (χ1) is 13.2. The van der Waals surface area contributed by atoms with Crippen molar-refractivity contribution in [3.8, 4) is 28.6 Å². The summed E-state index contributed by atoms with van der Waals surface area (Å²) in [5, 5.41) is 17.4. The van der Waals surface area contributed by atoms with Gasteiger partial charge < -0.3 is 14.2 Å². The Kier molecular flexibility index (Phi) is 4.97. The number of ether oxygens (including phenoxy) is 1. The average molecular weight is 370 g/mol. The molecule has 1 saturated carbocycles. The van der Waals surface area contributed by atoms with Crippen molar-refractivity contribution in [2.45, 2.75) is 38.0 Å². The lowest BCUT2D eigenvalue weighted by Gasteiger charge is -2.25. The molecule has 4 rings (SSSR count). The van der Waals surface area contributed by atoms with Gasteiger partial charge in [0.25, 0.3) is 0 Å². The molecule has 3 aromatic rings. The normalized spacial score (nSPS) is 19.6. The zero-order chi connectivity index (χ0) is 18.6. The van der Waals surface area contributed by atoms with Gasteiger partial charge in [0.2, 0.25) is 5.88 Å². The smallest absolute Gasteiger partial charge is 0.233 e. The number of benzene rings is 1. The predicted octanol–water partition coefficient (Wildman–Crippen LogP) is 3.84. The standard InChI is InChI=1S/C19H19FN4O3/c20-15-3-1-2-4-17(15)26-19-8-7-16(22-23-19)14-6-5-13(11-18(14)27-25)24-10-9-21-12-24/h5-12,15,17,25H,1-4H2/t15-,17+/m1/s1. The second kappa shape index (κ2) is 7.71. The average Bonchev–Trinajstić information content (AvgIpc) is 3.25. The number of alkyl halides is 1. The van der Waals surface area contributed by atoms with Crippen molar-refractivity contribution in [3.05, 3.63) is 49.1 Å². The lowest BCUT2D eigenvalue weighted by Crippen LogP contribution is -2.32. The number of halogens is 1. The number of hydrogen-bond acceptors (Lipinski definition) is 6. The van der Waals surface area contributed by atoms with Gasteiger partial charge in [-0.15, -0.1) is 10.2 Å². The highest BCUT2D eigenvalue weighted by molar-refractivity contribution is 5.68. The summed E-state index contributed by atoms with van der Waals surface area (Å²) in [4.78, 5) is 8.52. The molecule has 0 amide bonds. The number of aromatic nitrogens is 4. The fourth-order valence-corrected chi connectivity index (χ4v) is 3.24. The van der Waals surface area contributed by atoms with E-state index in [9.17, 15) is 9.65 Å². The number of imidazole rings is 1. The first kappa shape index (κ1) is 17.4. The number of rotatable bonds is 5. The minimum absolute atomic E-state index is 0.236. The van der Waals surface area contributed by atoms with Gasteiger partial charge in [0.1, 0.15) is 12.3 Å². The van der Waals surface area contributed by atoms with Crippen LogP contribution in [0.3, 0.4) is 0 Å². The van der Waals surface area contributed by atoms with Crippen molar-refractivity contribution in [2.24, 2.45) is 0 Å². The fourth-order valence-electron chi connectivity index (χ4n) is 3.24. The van der Waals surface area contributed by atoms with Crippen LogP contribution in [-0.4, -0.2) is 37.3 Å². The highest BCUT2D eigenvalue weighted by Gasteiger charge is 2.26. The van der Waals surface area contributed by atoms with E-state index >= 15 is 0 Å². The summed E-state index contributed by atoms with van der Waals surface area (Å²) in [7, 11) is 0. The van der Waals surface area contributed by atoms with Gasteiger partial charge in [0.05, 0.1) is 17.7 Å². The van der Waals surface area contributed by atoms with Crippen LogP contribution < -0.4 is 9.62 Å². The Morgan fingerprint density at radius 2 is 2.00 bits per heavy atom. The highest BCUT2D eigenvalue weighted by atomic mass is 19.1. The number of nitrogens with zero attached hydrogens (tertiary/aromatic N) is 4. The Balaban J connectivity index is 1.54. The molecular weight excluding hydrogens is 351 g/mol. The van der Waals surface area contributed by atoms with Crippen molar-refractivity contribution in [2.75, 3.05) is 0 Å². The quantitative estimate of drug-likeness (QED) is 0.543. The van der Waals surface area contributed by atoms with Gasteiger partial charge in [-0.3, -0.25) is 0 Å².